The van der Waals surface area contributed by atoms with Gasteiger partial charge in [-0.1, -0.05) is 48.0 Å². The van der Waals surface area contributed by atoms with Gasteiger partial charge in [0.15, 0.2) is 9.84 Å². The van der Waals surface area contributed by atoms with E-state index in [0.717, 1.165) is 6.26 Å². The molecule has 0 N–H and O–H groups in total. The molecule has 0 aliphatic heterocycles. The van der Waals surface area contributed by atoms with Crippen LogP contribution in [0.5, 0.6) is 0 Å². The first-order valence-corrected chi connectivity index (χ1v) is 12.3. The minimum atomic E-state index is -3.84. The van der Waals surface area contributed by atoms with Crippen molar-refractivity contribution in [3.05, 3.63) is 84.0 Å². The molecular weight excluding hydrogens is 430 g/mol. The number of rotatable bonds is 4. The Morgan fingerprint density at radius 1 is 0.793 bits per heavy atom. The number of sulfone groups is 1. The Labute approximate surface area is 174 Å². The van der Waals surface area contributed by atoms with Gasteiger partial charge in [0.1, 0.15) is 0 Å². The van der Waals surface area contributed by atoms with Gasteiger partial charge in [-0.3, -0.25) is 0 Å². The zero-order chi connectivity index (χ0) is 20.8. The minimum absolute atomic E-state index is 0.163. The van der Waals surface area contributed by atoms with E-state index in [2.05, 4.69) is 0 Å². The van der Waals surface area contributed by atoms with Gasteiger partial charge in [0, 0.05) is 28.4 Å². The van der Waals surface area contributed by atoms with E-state index in [-0.39, 0.29) is 9.79 Å². The summed E-state index contributed by atoms with van der Waals surface area (Å²) in [5, 5.41) is 1.11. The molecule has 8 heteroatoms. The summed E-state index contributed by atoms with van der Waals surface area (Å²) >= 11 is 6.14. The van der Waals surface area contributed by atoms with E-state index < -0.39 is 19.9 Å². The fraction of sp³-hybridized carbons (Fsp3) is 0.0476. The molecule has 0 saturated carbocycles. The van der Waals surface area contributed by atoms with Crippen molar-refractivity contribution in [1.29, 1.82) is 0 Å². The number of hydrogen-bond donors (Lipinski definition) is 0. The zero-order valence-corrected chi connectivity index (χ0v) is 17.7. The van der Waals surface area contributed by atoms with Gasteiger partial charge in [-0.25, -0.2) is 20.8 Å². The molecule has 4 aromatic rings. The monoisotopic (exact) mass is 445 g/mol. The third-order valence-electron chi connectivity index (χ3n) is 4.63. The maximum atomic E-state index is 13.2. The van der Waals surface area contributed by atoms with Gasteiger partial charge in [-0.05, 0) is 42.0 Å². The van der Waals surface area contributed by atoms with E-state index in [1.165, 1.54) is 28.2 Å². The number of hydrogen-bond acceptors (Lipinski definition) is 4. The fourth-order valence-corrected chi connectivity index (χ4v) is 5.37. The summed E-state index contributed by atoms with van der Waals surface area (Å²) in [5.74, 6) is 0. The van der Waals surface area contributed by atoms with Gasteiger partial charge in [0.25, 0.3) is 10.0 Å². The summed E-state index contributed by atoms with van der Waals surface area (Å²) in [7, 11) is -7.16. The minimum Gasteiger partial charge on any atom is -0.240 e. The van der Waals surface area contributed by atoms with E-state index in [4.69, 9.17) is 11.6 Å². The molecule has 1 heterocycles. The summed E-state index contributed by atoms with van der Waals surface area (Å²) in [5.41, 5.74) is 1.81. The molecule has 1 aromatic heterocycles. The molecule has 148 valence electrons. The molecule has 0 aliphatic carbocycles. The molecule has 0 atom stereocenters. The second-order valence-corrected chi connectivity index (χ2v) is 10.9. The lowest BCUT2D eigenvalue weighted by Gasteiger charge is -2.07. The van der Waals surface area contributed by atoms with Crippen molar-refractivity contribution < 1.29 is 16.8 Å². The highest BCUT2D eigenvalue weighted by Crippen LogP contribution is 2.34. The molecular formula is C21H16ClNO4S2. The molecule has 29 heavy (non-hydrogen) atoms. The Morgan fingerprint density at radius 3 is 2.07 bits per heavy atom. The van der Waals surface area contributed by atoms with Crippen molar-refractivity contribution in [2.75, 3.05) is 6.26 Å². The molecule has 4 rings (SSSR count). The molecule has 0 spiro atoms. The smallest absolute Gasteiger partial charge is 0.240 e. The van der Waals surface area contributed by atoms with Crippen LogP contribution in [0.25, 0.3) is 22.0 Å². The third-order valence-corrected chi connectivity index (χ3v) is 7.68. The lowest BCUT2D eigenvalue weighted by molar-refractivity contribution is 0.589. The SMILES string of the molecule is CS(=O)(=O)c1ccc(-c2cn(S(=O)(=O)c3ccccc3)c3cc(Cl)ccc23)cc1. The predicted octanol–water partition coefficient (Wildman–Crippen LogP) is 4.60. The third kappa shape index (κ3) is 3.57. The second-order valence-electron chi connectivity index (χ2n) is 6.61. The number of nitrogens with zero attached hydrogens (tertiary/aromatic N) is 1. The van der Waals surface area contributed by atoms with Gasteiger partial charge in [0.2, 0.25) is 0 Å². The van der Waals surface area contributed by atoms with E-state index in [0.29, 0.717) is 27.1 Å². The van der Waals surface area contributed by atoms with Crippen molar-refractivity contribution in [1.82, 2.24) is 3.97 Å². The van der Waals surface area contributed by atoms with Crippen molar-refractivity contribution in [3.63, 3.8) is 0 Å². The number of benzene rings is 3. The Bertz CT molecular complexity index is 1420. The molecule has 0 radical (unpaired) electrons. The standard InChI is InChI=1S/C21H16ClNO4S2/c1-28(24,25)17-10-7-15(8-11-17)20-14-23(21-13-16(22)9-12-19(20)21)29(26,27)18-5-3-2-4-6-18/h2-14H,1H3. The van der Waals surface area contributed by atoms with E-state index in [1.807, 2.05) is 0 Å². The van der Waals surface area contributed by atoms with Crippen LogP contribution in [0.1, 0.15) is 0 Å². The molecule has 0 unspecified atom stereocenters. The molecule has 0 aliphatic rings. The average Bonchev–Trinajstić information content (AvgIpc) is 3.07. The van der Waals surface area contributed by atoms with Crippen LogP contribution in [0.4, 0.5) is 0 Å². The Morgan fingerprint density at radius 2 is 1.45 bits per heavy atom. The van der Waals surface area contributed by atoms with Crippen molar-refractivity contribution in [2.45, 2.75) is 9.79 Å². The second kappa shape index (κ2) is 7.02. The van der Waals surface area contributed by atoms with Gasteiger partial charge in [-0.2, -0.15) is 0 Å². The zero-order valence-electron chi connectivity index (χ0n) is 15.3. The maximum absolute atomic E-state index is 13.2. The van der Waals surface area contributed by atoms with Crippen LogP contribution in [0.15, 0.2) is 88.8 Å². The first-order valence-electron chi connectivity index (χ1n) is 8.60. The highest BCUT2D eigenvalue weighted by molar-refractivity contribution is 7.90. The average molecular weight is 446 g/mol. The Kier molecular flexibility index (Phi) is 4.77. The van der Waals surface area contributed by atoms with Crippen LogP contribution in [0.3, 0.4) is 0 Å². The van der Waals surface area contributed by atoms with Crippen LogP contribution in [0.2, 0.25) is 5.02 Å². The summed E-state index contributed by atoms with van der Waals surface area (Å²) in [6.07, 6.45) is 2.68. The van der Waals surface area contributed by atoms with Crippen LogP contribution in [0, 0.1) is 0 Å². The highest BCUT2D eigenvalue weighted by atomic mass is 35.5. The van der Waals surface area contributed by atoms with Crippen molar-refractivity contribution >= 4 is 42.4 Å². The summed E-state index contributed by atoms with van der Waals surface area (Å²) in [6.45, 7) is 0. The summed E-state index contributed by atoms with van der Waals surface area (Å²) in [6, 6.07) is 19.5. The van der Waals surface area contributed by atoms with E-state index in [1.54, 1.807) is 54.7 Å². The molecule has 0 amide bonds. The lowest BCUT2D eigenvalue weighted by Crippen LogP contribution is -2.11. The number of aromatic nitrogens is 1. The molecule has 0 bridgehead atoms. The summed E-state index contributed by atoms with van der Waals surface area (Å²) < 4.78 is 51.1. The molecule has 0 fully saturated rings. The predicted molar refractivity (Wildman–Crippen MR) is 115 cm³/mol. The highest BCUT2D eigenvalue weighted by Gasteiger charge is 2.22. The van der Waals surface area contributed by atoms with Gasteiger partial charge in [0.05, 0.1) is 15.3 Å². The van der Waals surface area contributed by atoms with E-state index in [9.17, 15) is 16.8 Å². The molecule has 3 aromatic carbocycles. The van der Waals surface area contributed by atoms with Gasteiger partial charge in [-0.15, -0.1) is 0 Å². The quantitative estimate of drug-likeness (QED) is 0.460. The fourth-order valence-electron chi connectivity index (χ4n) is 3.19. The molecule has 5 nitrogen and oxygen atoms in total. The van der Waals surface area contributed by atoms with E-state index >= 15 is 0 Å². The largest absolute Gasteiger partial charge is 0.268 e. The van der Waals surface area contributed by atoms with Crippen LogP contribution in [-0.4, -0.2) is 27.1 Å². The first-order chi connectivity index (χ1) is 13.7. The van der Waals surface area contributed by atoms with Gasteiger partial charge >= 0.3 is 0 Å². The van der Waals surface area contributed by atoms with Crippen molar-refractivity contribution in [2.24, 2.45) is 0 Å². The van der Waals surface area contributed by atoms with Crippen LogP contribution < -0.4 is 0 Å². The van der Waals surface area contributed by atoms with Crippen LogP contribution >= 0.6 is 11.6 Å². The first kappa shape index (κ1) is 19.7. The number of fused-ring (bicyclic) bond motifs is 1. The van der Waals surface area contributed by atoms with Crippen molar-refractivity contribution in [3.8, 4) is 11.1 Å². The van der Waals surface area contributed by atoms with Crippen LogP contribution in [-0.2, 0) is 19.9 Å². The lowest BCUT2D eigenvalue weighted by atomic mass is 10.1. The molecule has 0 saturated heterocycles. The Balaban J connectivity index is 1.96. The normalized spacial score (nSPS) is 12.3. The maximum Gasteiger partial charge on any atom is 0.268 e. The topological polar surface area (TPSA) is 73.2 Å². The summed E-state index contributed by atoms with van der Waals surface area (Å²) in [4.78, 5) is 0.362. The Hall–Kier alpha value is -2.61. The van der Waals surface area contributed by atoms with Gasteiger partial charge < -0.3 is 0 Å². The number of halogens is 1.